The molecule has 0 aliphatic heterocycles. The van der Waals surface area contributed by atoms with Gasteiger partial charge in [0.25, 0.3) is 0 Å². The third-order valence-electron chi connectivity index (χ3n) is 5.13. The molecule has 0 aromatic heterocycles. The Hall–Kier alpha value is -1.60. The van der Waals surface area contributed by atoms with Crippen LogP contribution in [0.1, 0.15) is 44.6 Å². The van der Waals surface area contributed by atoms with Gasteiger partial charge >= 0.3 is 0 Å². The van der Waals surface area contributed by atoms with Crippen molar-refractivity contribution in [2.24, 2.45) is 0 Å². The number of hydrogen-bond acceptors (Lipinski definition) is 0. The van der Waals surface area contributed by atoms with Crippen LogP contribution in [0.3, 0.4) is 0 Å². The molecule has 0 radical (unpaired) electrons. The summed E-state index contributed by atoms with van der Waals surface area (Å²) in [6.45, 7) is 7.35. The van der Waals surface area contributed by atoms with Gasteiger partial charge in [0.05, 0.1) is 8.07 Å². The molecule has 2 rings (SSSR count). The van der Waals surface area contributed by atoms with E-state index >= 15 is 0 Å². The van der Waals surface area contributed by atoms with Gasteiger partial charge in [-0.15, -0.1) is 0 Å². The summed E-state index contributed by atoms with van der Waals surface area (Å²) in [5.41, 5.74) is 2.01. The van der Waals surface area contributed by atoms with Crippen molar-refractivity contribution in [2.45, 2.75) is 57.7 Å². The highest BCUT2D eigenvalue weighted by atomic mass is 28.3. The topological polar surface area (TPSA) is 0 Å². The zero-order chi connectivity index (χ0) is 17.3. The number of rotatable bonds is 9. The van der Waals surface area contributed by atoms with Crippen LogP contribution in [0.15, 0.2) is 66.7 Å². The van der Waals surface area contributed by atoms with Gasteiger partial charge in [-0.25, -0.2) is 0 Å². The molecule has 128 valence electrons. The summed E-state index contributed by atoms with van der Waals surface area (Å²) < 4.78 is 0. The van der Waals surface area contributed by atoms with Crippen LogP contribution in [0.5, 0.6) is 0 Å². The molecule has 1 heteroatoms. The Morgan fingerprint density at radius 2 is 1.46 bits per heavy atom. The second-order valence-electron chi connectivity index (χ2n) is 7.31. The highest BCUT2D eigenvalue weighted by Gasteiger charge is 2.31. The Balaban J connectivity index is 2.16. The molecule has 0 heterocycles. The quantitative estimate of drug-likeness (QED) is 0.355. The van der Waals surface area contributed by atoms with E-state index in [0.29, 0.717) is 5.54 Å². The average Bonchev–Trinajstić information content (AvgIpc) is 2.62. The number of unbranched alkanes of at least 4 members (excludes halogenated alkanes) is 3. The summed E-state index contributed by atoms with van der Waals surface area (Å²) in [6.07, 6.45) is 11.5. The Labute approximate surface area is 149 Å². The summed E-state index contributed by atoms with van der Waals surface area (Å²) in [5.74, 6) is 0. The molecule has 0 saturated carbocycles. The average molecular weight is 337 g/mol. The minimum Gasteiger partial charge on any atom is -0.0832 e. The van der Waals surface area contributed by atoms with Crippen LogP contribution in [-0.4, -0.2) is 8.07 Å². The van der Waals surface area contributed by atoms with Crippen molar-refractivity contribution in [3.05, 3.63) is 72.3 Å². The van der Waals surface area contributed by atoms with Crippen molar-refractivity contribution < 1.29 is 0 Å². The normalized spacial score (nSPS) is 13.3. The zero-order valence-electron chi connectivity index (χ0n) is 15.5. The summed E-state index contributed by atoms with van der Waals surface area (Å²) in [7, 11) is -1.51. The third kappa shape index (κ3) is 5.49. The van der Waals surface area contributed by atoms with Crippen molar-refractivity contribution in [1.82, 2.24) is 0 Å². The monoisotopic (exact) mass is 336 g/mol. The number of benzene rings is 2. The lowest BCUT2D eigenvalue weighted by molar-refractivity contribution is 0.632. The Morgan fingerprint density at radius 1 is 0.833 bits per heavy atom. The van der Waals surface area contributed by atoms with Gasteiger partial charge in [-0.3, -0.25) is 0 Å². The van der Waals surface area contributed by atoms with Crippen molar-refractivity contribution in [1.29, 1.82) is 0 Å². The van der Waals surface area contributed by atoms with Gasteiger partial charge in [-0.2, -0.15) is 0 Å². The third-order valence-corrected chi connectivity index (χ3v) is 9.29. The van der Waals surface area contributed by atoms with E-state index in [0.717, 1.165) is 0 Å². The Bertz CT molecular complexity index is 598. The van der Waals surface area contributed by atoms with E-state index in [-0.39, 0.29) is 0 Å². The smallest absolute Gasteiger partial charge is 0.0832 e. The molecule has 0 N–H and O–H groups in total. The van der Waals surface area contributed by atoms with Gasteiger partial charge in [0.1, 0.15) is 0 Å². The highest BCUT2D eigenvalue weighted by Crippen LogP contribution is 2.30. The molecule has 0 nitrogen and oxygen atoms in total. The van der Waals surface area contributed by atoms with Crippen LogP contribution in [-0.2, 0) is 0 Å². The molecule has 0 saturated heterocycles. The largest absolute Gasteiger partial charge is 0.0873 e. The zero-order valence-corrected chi connectivity index (χ0v) is 16.5. The van der Waals surface area contributed by atoms with E-state index in [2.05, 4.69) is 92.8 Å². The van der Waals surface area contributed by atoms with E-state index in [9.17, 15) is 0 Å². The number of allylic oxidation sites excluding steroid dienone is 1. The summed E-state index contributed by atoms with van der Waals surface area (Å²) in [5, 5.41) is 1.57. The maximum absolute atomic E-state index is 2.53. The van der Waals surface area contributed by atoms with Gasteiger partial charge in [0.15, 0.2) is 0 Å². The molecule has 0 unspecified atom stereocenters. The van der Waals surface area contributed by atoms with E-state index in [4.69, 9.17) is 0 Å². The summed E-state index contributed by atoms with van der Waals surface area (Å²) in [6, 6.07) is 21.9. The fourth-order valence-electron chi connectivity index (χ4n) is 3.36. The first-order chi connectivity index (χ1) is 11.6. The van der Waals surface area contributed by atoms with E-state index < -0.39 is 8.07 Å². The van der Waals surface area contributed by atoms with Gasteiger partial charge in [-0.1, -0.05) is 124 Å². The predicted octanol–water partition coefficient (Wildman–Crippen LogP) is 6.66. The van der Waals surface area contributed by atoms with Gasteiger partial charge in [0, 0.05) is 0 Å². The van der Waals surface area contributed by atoms with Crippen LogP contribution >= 0.6 is 0 Å². The molecule has 2 aromatic rings. The van der Waals surface area contributed by atoms with Gasteiger partial charge in [0.2, 0.25) is 0 Å². The first kappa shape index (κ1) is 18.7. The maximum atomic E-state index is 2.53. The molecule has 0 aliphatic rings. The van der Waals surface area contributed by atoms with Crippen LogP contribution in [0.4, 0.5) is 0 Å². The van der Waals surface area contributed by atoms with Gasteiger partial charge in [-0.05, 0) is 17.5 Å². The molecule has 2 aromatic carbocycles. The maximum Gasteiger partial charge on any atom is 0.0873 e. The van der Waals surface area contributed by atoms with Crippen LogP contribution in [0.2, 0.25) is 18.6 Å². The SMILES string of the molecule is CCCCCC[C@@H](/C=C/c1ccccc1)[Si](C)(C)c1ccccc1. The van der Waals surface area contributed by atoms with E-state index in [1.807, 2.05) is 0 Å². The minimum absolute atomic E-state index is 0.692. The second kappa shape index (κ2) is 9.63. The molecule has 1 atom stereocenters. The van der Waals surface area contributed by atoms with Crippen molar-refractivity contribution in [2.75, 3.05) is 0 Å². The lowest BCUT2D eigenvalue weighted by atomic mass is 10.1. The Kier molecular flexibility index (Phi) is 7.52. The fraction of sp³-hybridized carbons (Fsp3) is 0.391. The predicted molar refractivity (Wildman–Crippen MR) is 112 cm³/mol. The molecule has 24 heavy (non-hydrogen) atoms. The first-order valence-corrected chi connectivity index (χ1v) is 12.5. The molecule has 0 fully saturated rings. The second-order valence-corrected chi connectivity index (χ2v) is 12.1. The molecule has 0 bridgehead atoms. The van der Waals surface area contributed by atoms with Crippen LogP contribution < -0.4 is 5.19 Å². The van der Waals surface area contributed by atoms with E-state index in [1.165, 1.54) is 37.7 Å². The molecule has 0 aliphatic carbocycles. The summed E-state index contributed by atoms with van der Waals surface area (Å²) >= 11 is 0. The molecule has 0 spiro atoms. The lowest BCUT2D eigenvalue weighted by Crippen LogP contribution is -2.45. The lowest BCUT2D eigenvalue weighted by Gasteiger charge is -2.31. The summed E-state index contributed by atoms with van der Waals surface area (Å²) in [4.78, 5) is 0. The Morgan fingerprint density at radius 3 is 2.08 bits per heavy atom. The van der Waals surface area contributed by atoms with Crippen molar-refractivity contribution in [3.8, 4) is 0 Å². The number of hydrogen-bond donors (Lipinski definition) is 0. The standard InChI is InChI=1S/C23H32Si/c1-4-5-6-11-18-23(20-19-21-14-9-7-10-15-21)24(2,3)22-16-12-8-13-17-22/h7-10,12-17,19-20,23H,4-6,11,18H2,1-3H3/b20-19+/t23-/m0/s1. The van der Waals surface area contributed by atoms with Crippen molar-refractivity contribution in [3.63, 3.8) is 0 Å². The fourth-order valence-corrected chi connectivity index (χ4v) is 6.34. The van der Waals surface area contributed by atoms with Crippen LogP contribution in [0, 0.1) is 0 Å². The van der Waals surface area contributed by atoms with Gasteiger partial charge < -0.3 is 0 Å². The van der Waals surface area contributed by atoms with Crippen molar-refractivity contribution >= 4 is 19.3 Å². The highest BCUT2D eigenvalue weighted by molar-refractivity contribution is 6.91. The molecule has 0 amide bonds. The molecular weight excluding hydrogens is 304 g/mol. The minimum atomic E-state index is -1.51. The van der Waals surface area contributed by atoms with Crippen LogP contribution in [0.25, 0.3) is 6.08 Å². The first-order valence-electron chi connectivity index (χ1n) is 9.43. The molecular formula is C23H32Si. The van der Waals surface area contributed by atoms with E-state index in [1.54, 1.807) is 5.19 Å².